The third kappa shape index (κ3) is 24.6. The first-order valence-corrected chi connectivity index (χ1v) is 7.15. The van der Waals surface area contributed by atoms with Gasteiger partial charge in [0.2, 0.25) is 0 Å². The maximum atomic E-state index is 11.2. The van der Waals surface area contributed by atoms with Crippen molar-refractivity contribution in [3.05, 3.63) is 12.2 Å². The summed E-state index contributed by atoms with van der Waals surface area (Å²) in [5.74, 6) is -0.268. The standard InChI is InChI=1S/C15H28O3.3CH4/c1-3-4-5-6-7-8-9-10-11-12-15(17)18-13-14(2)16;;;/h10-11,14,16H,3-9,12-13H2,1-2H3;3*1H4/b11-10-;;;. The molecule has 130 valence electrons. The predicted molar refractivity (Wildman–Crippen MR) is 94.6 cm³/mol. The van der Waals surface area contributed by atoms with Crippen LogP contribution < -0.4 is 0 Å². The van der Waals surface area contributed by atoms with Crippen LogP contribution in [0.25, 0.3) is 0 Å². The van der Waals surface area contributed by atoms with E-state index in [0.29, 0.717) is 6.42 Å². The monoisotopic (exact) mass is 304 g/mol. The first-order valence-electron chi connectivity index (χ1n) is 7.15. The molecule has 0 aromatic heterocycles. The van der Waals surface area contributed by atoms with E-state index in [1.54, 1.807) is 6.92 Å². The molecular formula is C18H40O3. The lowest BCUT2D eigenvalue weighted by molar-refractivity contribution is -0.145. The zero-order valence-electron chi connectivity index (χ0n) is 11.9. The molecule has 0 aromatic carbocycles. The van der Waals surface area contributed by atoms with Crippen molar-refractivity contribution in [3.8, 4) is 0 Å². The van der Waals surface area contributed by atoms with Gasteiger partial charge < -0.3 is 9.84 Å². The highest BCUT2D eigenvalue weighted by Crippen LogP contribution is 2.07. The number of rotatable bonds is 11. The number of hydrogen-bond donors (Lipinski definition) is 1. The van der Waals surface area contributed by atoms with E-state index in [1.807, 2.05) is 12.2 Å². The van der Waals surface area contributed by atoms with E-state index in [1.165, 1.54) is 38.5 Å². The van der Waals surface area contributed by atoms with Crippen LogP contribution in [0.3, 0.4) is 0 Å². The van der Waals surface area contributed by atoms with Crippen LogP contribution in [-0.4, -0.2) is 23.8 Å². The van der Waals surface area contributed by atoms with Gasteiger partial charge >= 0.3 is 5.97 Å². The van der Waals surface area contributed by atoms with Gasteiger partial charge in [0, 0.05) is 0 Å². The number of unbranched alkanes of at least 4 members (excludes halogenated alkanes) is 6. The Morgan fingerprint density at radius 3 is 2.19 bits per heavy atom. The molecule has 0 aliphatic heterocycles. The van der Waals surface area contributed by atoms with Gasteiger partial charge in [0.05, 0.1) is 12.5 Å². The Morgan fingerprint density at radius 2 is 1.62 bits per heavy atom. The third-order valence-electron chi connectivity index (χ3n) is 2.66. The molecule has 0 heterocycles. The van der Waals surface area contributed by atoms with E-state index in [0.717, 1.165) is 6.42 Å². The van der Waals surface area contributed by atoms with Crippen LogP contribution in [0.15, 0.2) is 12.2 Å². The highest BCUT2D eigenvalue weighted by Gasteiger charge is 2.01. The minimum absolute atomic E-state index is 0. The maximum Gasteiger partial charge on any atom is 0.309 e. The van der Waals surface area contributed by atoms with Gasteiger partial charge in [-0.25, -0.2) is 0 Å². The summed E-state index contributed by atoms with van der Waals surface area (Å²) in [6.07, 6.45) is 12.4. The van der Waals surface area contributed by atoms with Gasteiger partial charge in [-0.2, -0.15) is 0 Å². The summed E-state index contributed by atoms with van der Waals surface area (Å²) in [5.41, 5.74) is 0. The van der Waals surface area contributed by atoms with Crippen molar-refractivity contribution >= 4 is 5.97 Å². The number of carbonyl (C=O) groups excluding carboxylic acids is 1. The molecule has 3 nitrogen and oxygen atoms in total. The Kier molecular flexibility index (Phi) is 29.0. The molecule has 0 radical (unpaired) electrons. The smallest absolute Gasteiger partial charge is 0.309 e. The first-order chi connectivity index (χ1) is 8.66. The first kappa shape index (κ1) is 28.3. The zero-order chi connectivity index (χ0) is 13.6. The fourth-order valence-corrected chi connectivity index (χ4v) is 1.61. The molecular weight excluding hydrogens is 264 g/mol. The maximum absolute atomic E-state index is 11.2. The van der Waals surface area contributed by atoms with Crippen LogP contribution in [0, 0.1) is 0 Å². The molecule has 1 unspecified atom stereocenters. The van der Waals surface area contributed by atoms with Crippen molar-refractivity contribution in [1.82, 2.24) is 0 Å². The van der Waals surface area contributed by atoms with Gasteiger partial charge in [0.1, 0.15) is 6.61 Å². The molecule has 1 N–H and O–H groups in total. The number of hydrogen-bond acceptors (Lipinski definition) is 3. The van der Waals surface area contributed by atoms with Crippen LogP contribution in [-0.2, 0) is 9.53 Å². The second-order valence-corrected chi connectivity index (χ2v) is 4.76. The molecule has 0 spiro atoms. The Hall–Kier alpha value is -0.830. The number of esters is 1. The Balaban J connectivity index is -0.000000482. The van der Waals surface area contributed by atoms with Crippen molar-refractivity contribution in [1.29, 1.82) is 0 Å². The van der Waals surface area contributed by atoms with E-state index in [9.17, 15) is 4.79 Å². The summed E-state index contributed by atoms with van der Waals surface area (Å²) in [5, 5.41) is 8.94. The van der Waals surface area contributed by atoms with Crippen LogP contribution in [0.1, 0.15) is 87.5 Å². The quantitative estimate of drug-likeness (QED) is 0.311. The Labute approximate surface area is 133 Å². The number of allylic oxidation sites excluding steroid dienone is 1. The summed E-state index contributed by atoms with van der Waals surface area (Å²) >= 11 is 0. The zero-order valence-corrected chi connectivity index (χ0v) is 11.9. The minimum Gasteiger partial charge on any atom is -0.463 e. The second kappa shape index (κ2) is 21.5. The highest BCUT2D eigenvalue weighted by atomic mass is 16.5. The van der Waals surface area contributed by atoms with Crippen LogP contribution in [0.2, 0.25) is 0 Å². The van der Waals surface area contributed by atoms with E-state index < -0.39 is 6.10 Å². The van der Waals surface area contributed by atoms with Crippen LogP contribution in [0.5, 0.6) is 0 Å². The lowest BCUT2D eigenvalue weighted by atomic mass is 10.1. The van der Waals surface area contributed by atoms with Crippen molar-refractivity contribution in [2.45, 2.75) is 93.6 Å². The predicted octanol–water partition coefficient (Wildman–Crippen LogP) is 5.52. The molecule has 0 fully saturated rings. The van der Waals surface area contributed by atoms with Gasteiger partial charge in [-0.15, -0.1) is 0 Å². The van der Waals surface area contributed by atoms with Gasteiger partial charge in [-0.3, -0.25) is 4.79 Å². The average molecular weight is 305 g/mol. The summed E-state index contributed by atoms with van der Waals surface area (Å²) in [6.45, 7) is 3.91. The van der Waals surface area contributed by atoms with Crippen LogP contribution in [0.4, 0.5) is 0 Å². The number of carbonyl (C=O) groups is 1. The lowest BCUT2D eigenvalue weighted by Gasteiger charge is -2.04. The summed E-state index contributed by atoms with van der Waals surface area (Å²) in [7, 11) is 0. The minimum atomic E-state index is -0.582. The van der Waals surface area contributed by atoms with Gasteiger partial charge in [0.15, 0.2) is 0 Å². The third-order valence-corrected chi connectivity index (χ3v) is 2.66. The normalized spacial score (nSPS) is 11.0. The topological polar surface area (TPSA) is 46.5 Å². The molecule has 0 amide bonds. The Bertz CT molecular complexity index is 223. The van der Waals surface area contributed by atoms with Gasteiger partial charge in [0.25, 0.3) is 0 Å². The largest absolute Gasteiger partial charge is 0.463 e. The van der Waals surface area contributed by atoms with Crippen molar-refractivity contribution in [3.63, 3.8) is 0 Å². The molecule has 0 saturated carbocycles. The number of aliphatic hydroxyl groups is 1. The highest BCUT2D eigenvalue weighted by molar-refractivity contribution is 5.71. The van der Waals surface area contributed by atoms with E-state index in [-0.39, 0.29) is 34.9 Å². The summed E-state index contributed by atoms with van der Waals surface area (Å²) in [4.78, 5) is 11.2. The lowest BCUT2D eigenvalue weighted by Crippen LogP contribution is -2.14. The SMILES string of the molecule is C.C.C.CCCCCCCC/C=C\CC(=O)OCC(C)O. The molecule has 0 bridgehead atoms. The number of aliphatic hydroxyl groups excluding tert-OH is 1. The molecule has 0 aliphatic rings. The van der Waals surface area contributed by atoms with Crippen molar-refractivity contribution < 1.29 is 14.6 Å². The molecule has 0 aliphatic carbocycles. The fourth-order valence-electron chi connectivity index (χ4n) is 1.61. The van der Waals surface area contributed by atoms with Crippen molar-refractivity contribution in [2.24, 2.45) is 0 Å². The van der Waals surface area contributed by atoms with Crippen molar-refractivity contribution in [2.75, 3.05) is 6.61 Å². The van der Waals surface area contributed by atoms with Crippen LogP contribution >= 0.6 is 0 Å². The molecule has 1 atom stereocenters. The molecule has 0 rings (SSSR count). The summed E-state index contributed by atoms with van der Waals surface area (Å²) in [6, 6.07) is 0. The fraction of sp³-hybridized carbons (Fsp3) is 0.833. The average Bonchev–Trinajstić information content (AvgIpc) is 2.34. The van der Waals surface area contributed by atoms with E-state index >= 15 is 0 Å². The van der Waals surface area contributed by atoms with Gasteiger partial charge in [-0.1, -0.05) is 73.5 Å². The molecule has 0 aromatic rings. The summed E-state index contributed by atoms with van der Waals surface area (Å²) < 4.78 is 4.84. The second-order valence-electron chi connectivity index (χ2n) is 4.76. The molecule has 3 heteroatoms. The molecule has 0 saturated heterocycles. The Morgan fingerprint density at radius 1 is 1.05 bits per heavy atom. The van der Waals surface area contributed by atoms with Gasteiger partial charge in [-0.05, 0) is 19.8 Å². The van der Waals surface area contributed by atoms with E-state index in [2.05, 4.69) is 6.92 Å². The molecule has 21 heavy (non-hydrogen) atoms. The number of ether oxygens (including phenoxy) is 1. The van der Waals surface area contributed by atoms with E-state index in [4.69, 9.17) is 9.84 Å².